The maximum Gasteiger partial charge on any atom is 0.0601 e. The highest BCUT2D eigenvalue weighted by molar-refractivity contribution is 5.01. The second-order valence-electron chi connectivity index (χ2n) is 6.82. The number of rotatable bonds is 2. The van der Waals surface area contributed by atoms with E-state index >= 15 is 0 Å². The summed E-state index contributed by atoms with van der Waals surface area (Å²) in [5.41, 5.74) is 0.422. The van der Waals surface area contributed by atoms with E-state index in [-0.39, 0.29) is 6.10 Å². The van der Waals surface area contributed by atoms with Crippen molar-refractivity contribution in [2.24, 2.45) is 29.1 Å². The Bertz CT molecular complexity index is 233. The summed E-state index contributed by atoms with van der Waals surface area (Å²) in [6, 6.07) is 0. The quantitative estimate of drug-likeness (QED) is 0.740. The van der Waals surface area contributed by atoms with Gasteiger partial charge in [0, 0.05) is 0 Å². The Morgan fingerprint density at radius 2 is 1.73 bits per heavy atom. The molecule has 15 heavy (non-hydrogen) atoms. The Kier molecular flexibility index (Phi) is 2.87. The van der Waals surface area contributed by atoms with Crippen molar-refractivity contribution in [3.8, 4) is 0 Å². The molecule has 0 aromatic heterocycles. The Hall–Kier alpha value is -0.0400. The molecule has 2 fully saturated rings. The predicted molar refractivity (Wildman–Crippen MR) is 63.6 cm³/mol. The molecule has 0 radical (unpaired) electrons. The van der Waals surface area contributed by atoms with Gasteiger partial charge in [0.25, 0.3) is 0 Å². The molecule has 0 heterocycles. The monoisotopic (exact) mass is 210 g/mol. The smallest absolute Gasteiger partial charge is 0.0601 e. The molecule has 0 saturated heterocycles. The van der Waals surface area contributed by atoms with E-state index in [0.717, 1.165) is 11.8 Å². The number of hydrogen-bond donors (Lipinski definition) is 1. The average molecular weight is 210 g/mol. The van der Waals surface area contributed by atoms with E-state index in [1.165, 1.54) is 25.7 Å². The van der Waals surface area contributed by atoms with Gasteiger partial charge in [-0.25, -0.2) is 0 Å². The zero-order chi connectivity index (χ0) is 11.2. The summed E-state index contributed by atoms with van der Waals surface area (Å²) in [6.07, 6.45) is 5.02. The van der Waals surface area contributed by atoms with Gasteiger partial charge in [0.15, 0.2) is 0 Å². The lowest BCUT2D eigenvalue weighted by atomic mass is 9.73. The summed E-state index contributed by atoms with van der Waals surface area (Å²) in [4.78, 5) is 0. The van der Waals surface area contributed by atoms with E-state index in [1.807, 2.05) is 0 Å². The fraction of sp³-hybridized carbons (Fsp3) is 1.00. The van der Waals surface area contributed by atoms with Crippen LogP contribution in [0, 0.1) is 29.1 Å². The molecule has 1 nitrogen and oxygen atoms in total. The molecule has 2 aliphatic carbocycles. The third-order valence-electron chi connectivity index (χ3n) is 5.12. The van der Waals surface area contributed by atoms with Crippen molar-refractivity contribution in [3.63, 3.8) is 0 Å². The van der Waals surface area contributed by atoms with Crippen LogP contribution in [0.25, 0.3) is 0 Å². The molecule has 1 N–H and O–H groups in total. The van der Waals surface area contributed by atoms with Crippen LogP contribution < -0.4 is 0 Å². The van der Waals surface area contributed by atoms with E-state index in [9.17, 15) is 5.11 Å². The highest BCUT2D eigenvalue weighted by Crippen LogP contribution is 2.56. The molecule has 5 atom stereocenters. The summed E-state index contributed by atoms with van der Waals surface area (Å²) in [5, 5.41) is 10.4. The van der Waals surface area contributed by atoms with Crippen molar-refractivity contribution in [1.82, 2.24) is 0 Å². The van der Waals surface area contributed by atoms with E-state index in [0.29, 0.717) is 17.3 Å². The minimum Gasteiger partial charge on any atom is -0.393 e. The lowest BCUT2D eigenvalue weighted by Crippen LogP contribution is -2.31. The maximum atomic E-state index is 10.4. The third-order valence-corrected chi connectivity index (χ3v) is 5.12. The summed E-state index contributed by atoms with van der Waals surface area (Å²) < 4.78 is 0. The van der Waals surface area contributed by atoms with E-state index in [2.05, 4.69) is 27.7 Å². The molecule has 0 aliphatic heterocycles. The van der Waals surface area contributed by atoms with Crippen LogP contribution in [0.3, 0.4) is 0 Å². The molecule has 0 spiro atoms. The average Bonchev–Trinajstić information content (AvgIpc) is 2.79. The Labute approximate surface area is 94.3 Å². The van der Waals surface area contributed by atoms with Gasteiger partial charge >= 0.3 is 0 Å². The van der Waals surface area contributed by atoms with Gasteiger partial charge in [-0.05, 0) is 48.3 Å². The van der Waals surface area contributed by atoms with Gasteiger partial charge in [-0.15, -0.1) is 0 Å². The molecular weight excluding hydrogens is 184 g/mol. The lowest BCUT2D eigenvalue weighted by molar-refractivity contribution is 0.0331. The molecule has 0 aromatic rings. The molecule has 1 heteroatoms. The first-order valence-electron chi connectivity index (χ1n) is 6.60. The zero-order valence-corrected chi connectivity index (χ0v) is 10.7. The van der Waals surface area contributed by atoms with Gasteiger partial charge in [0.2, 0.25) is 0 Å². The van der Waals surface area contributed by atoms with Crippen molar-refractivity contribution in [2.75, 3.05) is 0 Å². The maximum absolute atomic E-state index is 10.4. The minimum absolute atomic E-state index is 0.0186. The number of aliphatic hydroxyl groups excluding tert-OH is 1. The van der Waals surface area contributed by atoms with E-state index in [4.69, 9.17) is 0 Å². The van der Waals surface area contributed by atoms with Crippen molar-refractivity contribution in [2.45, 2.75) is 59.5 Å². The first kappa shape index (κ1) is 11.4. The first-order valence-corrected chi connectivity index (χ1v) is 6.60. The second kappa shape index (κ2) is 3.76. The van der Waals surface area contributed by atoms with Gasteiger partial charge in [-0.2, -0.15) is 0 Å². The van der Waals surface area contributed by atoms with Crippen LogP contribution >= 0.6 is 0 Å². The van der Waals surface area contributed by atoms with Crippen LogP contribution in [0.1, 0.15) is 53.4 Å². The lowest BCUT2D eigenvalue weighted by Gasteiger charge is -2.35. The predicted octanol–water partition coefficient (Wildman–Crippen LogP) is 3.47. The topological polar surface area (TPSA) is 20.2 Å². The summed E-state index contributed by atoms with van der Waals surface area (Å²) in [5.74, 6) is 2.84. The van der Waals surface area contributed by atoms with Crippen molar-refractivity contribution >= 4 is 0 Å². The highest BCUT2D eigenvalue weighted by Gasteiger charge is 2.52. The van der Waals surface area contributed by atoms with Gasteiger partial charge in [0.1, 0.15) is 0 Å². The van der Waals surface area contributed by atoms with Crippen LogP contribution in [0.15, 0.2) is 0 Å². The number of aliphatic hydroxyl groups is 1. The molecular formula is C14H26O. The van der Waals surface area contributed by atoms with Crippen LogP contribution in [0.2, 0.25) is 0 Å². The minimum atomic E-state index is -0.0186. The van der Waals surface area contributed by atoms with Gasteiger partial charge < -0.3 is 5.11 Å². The fourth-order valence-corrected chi connectivity index (χ4v) is 3.32. The number of hydrogen-bond acceptors (Lipinski definition) is 1. The van der Waals surface area contributed by atoms with Crippen LogP contribution in [0.5, 0.6) is 0 Å². The highest BCUT2D eigenvalue weighted by atomic mass is 16.3. The van der Waals surface area contributed by atoms with Gasteiger partial charge in [-0.1, -0.05) is 34.1 Å². The molecule has 2 saturated carbocycles. The molecule has 2 rings (SSSR count). The summed E-state index contributed by atoms with van der Waals surface area (Å²) in [7, 11) is 0. The van der Waals surface area contributed by atoms with Crippen LogP contribution in [0.4, 0.5) is 0 Å². The second-order valence-corrected chi connectivity index (χ2v) is 6.82. The molecule has 0 amide bonds. The van der Waals surface area contributed by atoms with E-state index in [1.54, 1.807) is 0 Å². The first-order chi connectivity index (χ1) is 6.92. The molecule has 88 valence electrons. The zero-order valence-electron chi connectivity index (χ0n) is 10.7. The van der Waals surface area contributed by atoms with Crippen LogP contribution in [-0.4, -0.2) is 11.2 Å². The van der Waals surface area contributed by atoms with Crippen LogP contribution in [-0.2, 0) is 0 Å². The van der Waals surface area contributed by atoms with Crippen molar-refractivity contribution < 1.29 is 5.11 Å². The summed E-state index contributed by atoms with van der Waals surface area (Å²) >= 11 is 0. The van der Waals surface area contributed by atoms with Crippen molar-refractivity contribution in [3.05, 3.63) is 0 Å². The Balaban J connectivity index is 1.89. The molecule has 2 aliphatic rings. The molecule has 0 aromatic carbocycles. The third kappa shape index (κ3) is 2.22. The Morgan fingerprint density at radius 1 is 1.13 bits per heavy atom. The SMILES string of the molecule is CC1CCC(C(O)C2CC2(C)C)CC1C. The van der Waals surface area contributed by atoms with E-state index < -0.39 is 0 Å². The summed E-state index contributed by atoms with van der Waals surface area (Å²) in [6.45, 7) is 9.28. The largest absolute Gasteiger partial charge is 0.393 e. The Morgan fingerprint density at radius 3 is 2.20 bits per heavy atom. The normalized spacial score (nSPS) is 46.2. The standard InChI is InChI=1S/C14H26O/c1-9-5-6-11(7-10(9)2)13(15)12-8-14(12,3)4/h9-13,15H,5-8H2,1-4H3. The molecule has 0 bridgehead atoms. The van der Waals surface area contributed by atoms with Gasteiger partial charge in [-0.3, -0.25) is 0 Å². The molecule has 5 unspecified atom stereocenters. The fourth-order valence-electron chi connectivity index (χ4n) is 3.32. The van der Waals surface area contributed by atoms with Gasteiger partial charge in [0.05, 0.1) is 6.10 Å². The van der Waals surface area contributed by atoms with Crippen molar-refractivity contribution in [1.29, 1.82) is 0 Å².